The molecule has 2 nitrogen and oxygen atoms in total. The van der Waals surface area contributed by atoms with Crippen LogP contribution in [0.25, 0.3) is 0 Å². The van der Waals surface area contributed by atoms with E-state index in [0.717, 1.165) is 0 Å². The van der Waals surface area contributed by atoms with Crippen molar-refractivity contribution in [2.75, 3.05) is 11.9 Å². The molecule has 0 aromatic heterocycles. The average molecular weight is 125 g/mol. The molecule has 1 atom stereocenters. The van der Waals surface area contributed by atoms with Crippen LogP contribution < -0.4 is 0 Å². The van der Waals surface area contributed by atoms with Crippen molar-refractivity contribution < 1.29 is 9.46 Å². The lowest BCUT2D eigenvalue weighted by Crippen LogP contribution is -1.73. The minimum atomic E-state index is -1.93. The standard InChI is InChI=1S/C2H5O2PS/c3-5(4)1-2-6/h1-2H2,(H-,3,4,6)/p+1. The van der Waals surface area contributed by atoms with Gasteiger partial charge in [-0.15, -0.1) is 0 Å². The third-order valence-corrected chi connectivity index (χ3v) is 1.47. The molecule has 0 radical (unpaired) electrons. The summed E-state index contributed by atoms with van der Waals surface area (Å²) in [6, 6.07) is 0. The Bertz CT molecular complexity index is 55.5. The van der Waals surface area contributed by atoms with Crippen molar-refractivity contribution in [3.63, 3.8) is 0 Å². The van der Waals surface area contributed by atoms with Crippen LogP contribution in [-0.4, -0.2) is 16.8 Å². The molecule has 0 rings (SSSR count). The quantitative estimate of drug-likeness (QED) is 0.420. The van der Waals surface area contributed by atoms with Crippen molar-refractivity contribution in [2.24, 2.45) is 0 Å². The first-order valence-electron chi connectivity index (χ1n) is 1.52. The highest BCUT2D eigenvalue weighted by Gasteiger charge is 2.04. The van der Waals surface area contributed by atoms with Gasteiger partial charge in [-0.1, -0.05) is 0 Å². The van der Waals surface area contributed by atoms with Crippen LogP contribution in [0.2, 0.25) is 0 Å². The second-order valence-electron chi connectivity index (χ2n) is 0.799. The van der Waals surface area contributed by atoms with Gasteiger partial charge >= 0.3 is 8.03 Å². The molecule has 0 fully saturated rings. The Kier molecular flexibility index (Phi) is 3.84. The molecule has 0 aliphatic heterocycles. The minimum Gasteiger partial charge on any atom is -0.175 e. The van der Waals surface area contributed by atoms with Crippen LogP contribution in [0.1, 0.15) is 0 Å². The molecule has 6 heavy (non-hydrogen) atoms. The van der Waals surface area contributed by atoms with E-state index in [0.29, 0.717) is 11.9 Å². The van der Waals surface area contributed by atoms with Gasteiger partial charge < -0.3 is 0 Å². The van der Waals surface area contributed by atoms with E-state index in [-0.39, 0.29) is 0 Å². The van der Waals surface area contributed by atoms with E-state index in [1.54, 1.807) is 0 Å². The van der Waals surface area contributed by atoms with E-state index in [4.69, 9.17) is 4.89 Å². The predicted octanol–water partition coefficient (Wildman–Crippen LogP) is 0.651. The first-order valence-corrected chi connectivity index (χ1v) is 3.55. The number of rotatable bonds is 2. The van der Waals surface area contributed by atoms with E-state index < -0.39 is 8.03 Å². The number of hydrogen-bond acceptors (Lipinski definition) is 2. The maximum atomic E-state index is 9.70. The van der Waals surface area contributed by atoms with E-state index in [1.165, 1.54) is 0 Å². The van der Waals surface area contributed by atoms with Crippen LogP contribution in [0.3, 0.4) is 0 Å². The molecule has 4 heteroatoms. The van der Waals surface area contributed by atoms with Gasteiger partial charge in [-0.25, -0.2) is 0 Å². The second kappa shape index (κ2) is 3.59. The van der Waals surface area contributed by atoms with E-state index in [2.05, 4.69) is 12.6 Å². The molecule has 0 aliphatic carbocycles. The summed E-state index contributed by atoms with van der Waals surface area (Å²) in [6.45, 7) is 0. The van der Waals surface area contributed by atoms with Crippen LogP contribution >= 0.6 is 20.7 Å². The highest BCUT2D eigenvalue weighted by Crippen LogP contribution is 2.10. The molecule has 36 valence electrons. The smallest absolute Gasteiger partial charge is 0.175 e. The molecule has 0 aromatic carbocycles. The summed E-state index contributed by atoms with van der Waals surface area (Å²) >= 11 is 3.72. The molecule has 0 spiro atoms. The molecule has 0 saturated carbocycles. The molecule has 1 unspecified atom stereocenters. The Morgan fingerprint density at radius 2 is 2.33 bits per heavy atom. The molecule has 0 bridgehead atoms. The topological polar surface area (TPSA) is 37.3 Å². The fourth-order valence-corrected chi connectivity index (χ4v) is 0.770. The maximum absolute atomic E-state index is 9.70. The first kappa shape index (κ1) is 6.41. The van der Waals surface area contributed by atoms with Gasteiger partial charge in [0.2, 0.25) is 0 Å². The van der Waals surface area contributed by atoms with E-state index in [9.17, 15) is 4.57 Å². The van der Waals surface area contributed by atoms with Gasteiger partial charge in [0.05, 0.1) is 0 Å². The van der Waals surface area contributed by atoms with Crippen LogP contribution in [0.15, 0.2) is 0 Å². The molecular formula is C2H6O2PS+. The first-order chi connectivity index (χ1) is 2.77. The van der Waals surface area contributed by atoms with Gasteiger partial charge in [0, 0.05) is 5.75 Å². The summed E-state index contributed by atoms with van der Waals surface area (Å²) in [4.78, 5) is 8.01. The van der Waals surface area contributed by atoms with Crippen LogP contribution in [0, 0.1) is 0 Å². The highest BCUT2D eigenvalue weighted by molar-refractivity contribution is 7.80. The van der Waals surface area contributed by atoms with Crippen molar-refractivity contribution in [1.82, 2.24) is 0 Å². The Morgan fingerprint density at radius 1 is 1.83 bits per heavy atom. The van der Waals surface area contributed by atoms with Crippen LogP contribution in [-0.2, 0) is 4.57 Å². The van der Waals surface area contributed by atoms with Gasteiger partial charge in [-0.2, -0.15) is 17.5 Å². The Balaban J connectivity index is 2.83. The molecule has 0 heterocycles. The van der Waals surface area contributed by atoms with Crippen molar-refractivity contribution in [1.29, 1.82) is 0 Å². The van der Waals surface area contributed by atoms with Gasteiger partial charge in [0.15, 0.2) is 6.16 Å². The molecular weight excluding hydrogens is 119 g/mol. The second-order valence-corrected chi connectivity index (χ2v) is 2.40. The van der Waals surface area contributed by atoms with E-state index >= 15 is 0 Å². The van der Waals surface area contributed by atoms with Crippen molar-refractivity contribution in [2.45, 2.75) is 0 Å². The zero-order chi connectivity index (χ0) is 4.99. The van der Waals surface area contributed by atoms with Crippen molar-refractivity contribution >= 4 is 20.7 Å². The minimum absolute atomic E-state index is 0.304. The monoisotopic (exact) mass is 125 g/mol. The summed E-state index contributed by atoms with van der Waals surface area (Å²) in [5.74, 6) is 0.492. The lowest BCUT2D eigenvalue weighted by Gasteiger charge is -1.65. The number of thiol groups is 1. The van der Waals surface area contributed by atoms with E-state index in [1.807, 2.05) is 0 Å². The fourth-order valence-electron chi connectivity index (χ4n) is 0.0855. The van der Waals surface area contributed by atoms with Crippen molar-refractivity contribution in [3.05, 3.63) is 0 Å². The normalized spacial score (nSPS) is 11.3. The molecule has 1 N–H and O–H groups in total. The number of hydrogen-bond donors (Lipinski definition) is 2. The average Bonchev–Trinajstić information content (AvgIpc) is 1.35. The third-order valence-electron chi connectivity index (χ3n) is 0.291. The largest absolute Gasteiger partial charge is 0.506 e. The highest BCUT2D eigenvalue weighted by atomic mass is 32.1. The van der Waals surface area contributed by atoms with Gasteiger partial charge in [0.25, 0.3) is 0 Å². The Morgan fingerprint density at radius 3 is 2.33 bits per heavy atom. The summed E-state index contributed by atoms with van der Waals surface area (Å²) in [6.07, 6.45) is 0.304. The van der Waals surface area contributed by atoms with Gasteiger partial charge in [-0.3, -0.25) is 0 Å². The molecule has 0 amide bonds. The summed E-state index contributed by atoms with van der Waals surface area (Å²) in [5.41, 5.74) is 0. The van der Waals surface area contributed by atoms with Crippen LogP contribution in [0.4, 0.5) is 0 Å². The SMILES string of the molecule is O=[P+](O)CCS. The lowest BCUT2D eigenvalue weighted by molar-refractivity contribution is 0.505. The molecule has 0 saturated heterocycles. The van der Waals surface area contributed by atoms with Crippen molar-refractivity contribution in [3.8, 4) is 0 Å². The maximum Gasteiger partial charge on any atom is 0.506 e. The predicted molar refractivity (Wildman–Crippen MR) is 28.5 cm³/mol. The fraction of sp³-hybridized carbons (Fsp3) is 1.00. The molecule has 0 aromatic rings. The third kappa shape index (κ3) is 4.41. The Hall–Kier alpha value is 0.410. The Labute approximate surface area is 42.8 Å². The zero-order valence-electron chi connectivity index (χ0n) is 3.16. The summed E-state index contributed by atoms with van der Waals surface area (Å²) in [7, 11) is -1.93. The van der Waals surface area contributed by atoms with Crippen LogP contribution in [0.5, 0.6) is 0 Å². The van der Waals surface area contributed by atoms with Gasteiger partial charge in [0.1, 0.15) is 0 Å². The van der Waals surface area contributed by atoms with Gasteiger partial charge in [-0.05, 0) is 4.57 Å². The summed E-state index contributed by atoms with van der Waals surface area (Å²) in [5, 5.41) is 0. The zero-order valence-corrected chi connectivity index (χ0v) is 4.95. The summed E-state index contributed by atoms with van der Waals surface area (Å²) < 4.78 is 9.70. The molecule has 0 aliphatic rings. The lowest BCUT2D eigenvalue weighted by atomic mass is 11.0.